The molecule has 0 aliphatic heterocycles. The number of rotatable bonds is 3. The zero-order valence-electron chi connectivity index (χ0n) is 28.8. The van der Waals surface area contributed by atoms with Crippen LogP contribution in [-0.2, 0) is 0 Å². The third-order valence-corrected chi connectivity index (χ3v) is 12.0. The predicted molar refractivity (Wildman–Crippen MR) is 229 cm³/mol. The fraction of sp³-hybridized carbons (Fsp3) is 0. The summed E-state index contributed by atoms with van der Waals surface area (Å²) in [5.41, 5.74) is 13.1. The lowest BCUT2D eigenvalue weighted by molar-refractivity contribution is 0.669. The van der Waals surface area contributed by atoms with Gasteiger partial charge in [0.1, 0.15) is 11.2 Å². The zero-order valence-corrected chi connectivity index (χ0v) is 29.6. The zero-order chi connectivity index (χ0) is 35.2. The van der Waals surface area contributed by atoms with Crippen LogP contribution in [0.25, 0.3) is 114 Å². The Morgan fingerprint density at radius 1 is 0.434 bits per heavy atom. The summed E-state index contributed by atoms with van der Waals surface area (Å²) in [5, 5.41) is 10.1. The maximum atomic E-state index is 6.25. The van der Waals surface area contributed by atoms with Crippen LogP contribution in [0, 0.1) is 0 Å². The maximum Gasteiger partial charge on any atom is 0.135 e. The first kappa shape index (κ1) is 30.0. The molecule has 0 amide bonds. The highest BCUT2D eigenvalue weighted by molar-refractivity contribution is 7.25. The number of allylic oxidation sites excluding steroid dienone is 2. The van der Waals surface area contributed by atoms with Crippen LogP contribution in [0.1, 0.15) is 0 Å². The Bertz CT molecular complexity index is 3330. The van der Waals surface area contributed by atoms with Crippen LogP contribution < -0.4 is 0 Å². The van der Waals surface area contributed by atoms with E-state index in [0.29, 0.717) is 0 Å². The van der Waals surface area contributed by atoms with Crippen molar-refractivity contribution in [3.63, 3.8) is 0 Å². The summed E-state index contributed by atoms with van der Waals surface area (Å²) >= 11 is 1.87. The molecule has 3 aromatic heterocycles. The van der Waals surface area contributed by atoms with Gasteiger partial charge in [-0.3, -0.25) is 0 Å². The van der Waals surface area contributed by atoms with E-state index in [4.69, 9.17) is 4.42 Å². The highest BCUT2D eigenvalue weighted by Gasteiger charge is 2.26. The van der Waals surface area contributed by atoms with Crippen molar-refractivity contribution in [2.45, 2.75) is 0 Å². The van der Waals surface area contributed by atoms with Gasteiger partial charge in [-0.25, -0.2) is 0 Å². The van der Waals surface area contributed by atoms with E-state index in [9.17, 15) is 0 Å². The van der Waals surface area contributed by atoms with E-state index in [1.807, 2.05) is 17.4 Å². The largest absolute Gasteiger partial charge is 0.456 e. The molecule has 248 valence electrons. The molecular formula is C50H31NOS. The maximum absolute atomic E-state index is 6.25. The van der Waals surface area contributed by atoms with Crippen LogP contribution in [-0.4, -0.2) is 4.57 Å². The van der Waals surface area contributed by atoms with Gasteiger partial charge in [-0.2, -0.15) is 0 Å². The molecule has 2 nitrogen and oxygen atoms in total. The Hall–Kier alpha value is -6.68. The van der Waals surface area contributed by atoms with Crippen molar-refractivity contribution in [2.24, 2.45) is 0 Å². The van der Waals surface area contributed by atoms with E-state index in [0.717, 1.165) is 27.6 Å². The van der Waals surface area contributed by atoms with Crippen molar-refractivity contribution in [1.29, 1.82) is 0 Å². The molecule has 0 saturated heterocycles. The minimum atomic E-state index is 0.909. The molecule has 0 N–H and O–H groups in total. The van der Waals surface area contributed by atoms with E-state index in [-0.39, 0.29) is 0 Å². The molecule has 0 atom stereocenters. The SMILES string of the molecule is C=CC=C.c1ccc2c(c1)-c1cccc3c1c-2cc1c3c2cc(-c3ccc4sc5ccccc5c4c3)ccc2n1-c1ccc2oc3ccccc3c2c1. The molecule has 8 aromatic carbocycles. The van der Waals surface area contributed by atoms with Crippen molar-refractivity contribution in [1.82, 2.24) is 4.57 Å². The third-order valence-electron chi connectivity index (χ3n) is 10.9. The summed E-state index contributed by atoms with van der Waals surface area (Å²) < 4.78 is 11.4. The molecule has 12 rings (SSSR count). The first-order valence-corrected chi connectivity index (χ1v) is 18.7. The fourth-order valence-corrected chi connectivity index (χ4v) is 9.68. The molecule has 1 aliphatic rings. The van der Waals surface area contributed by atoms with Crippen LogP contribution in [0.4, 0.5) is 0 Å². The Morgan fingerprint density at radius 2 is 1.09 bits per heavy atom. The van der Waals surface area contributed by atoms with Crippen LogP contribution in [0.2, 0.25) is 0 Å². The molecule has 11 aromatic rings. The first-order valence-electron chi connectivity index (χ1n) is 17.9. The first-order chi connectivity index (χ1) is 26.2. The second kappa shape index (κ2) is 11.4. The number of furan rings is 1. The third kappa shape index (κ3) is 4.32. The Balaban J connectivity index is 0.000000791. The van der Waals surface area contributed by atoms with Gasteiger partial charge in [0.15, 0.2) is 0 Å². The van der Waals surface area contributed by atoms with Gasteiger partial charge in [-0.15, -0.1) is 11.3 Å². The van der Waals surface area contributed by atoms with E-state index in [2.05, 4.69) is 163 Å². The van der Waals surface area contributed by atoms with Crippen molar-refractivity contribution in [3.8, 4) is 39.1 Å². The van der Waals surface area contributed by atoms with E-state index in [1.165, 1.54) is 86.1 Å². The molecule has 0 spiro atoms. The van der Waals surface area contributed by atoms with E-state index in [1.54, 1.807) is 12.2 Å². The lowest BCUT2D eigenvalue weighted by Crippen LogP contribution is -1.94. The molecule has 0 saturated carbocycles. The molecule has 53 heavy (non-hydrogen) atoms. The molecule has 3 heteroatoms. The van der Waals surface area contributed by atoms with Gasteiger partial charge >= 0.3 is 0 Å². The quantitative estimate of drug-likeness (QED) is 0.169. The monoisotopic (exact) mass is 693 g/mol. The summed E-state index contributed by atoms with van der Waals surface area (Å²) in [5.74, 6) is 0. The number of para-hydroxylation sites is 1. The normalized spacial score (nSPS) is 11.9. The van der Waals surface area contributed by atoms with E-state index < -0.39 is 0 Å². The van der Waals surface area contributed by atoms with Crippen LogP contribution in [0.3, 0.4) is 0 Å². The number of fused-ring (bicyclic) bond motifs is 13. The number of nitrogens with zero attached hydrogens (tertiary/aromatic N) is 1. The number of aromatic nitrogens is 1. The Morgan fingerprint density at radius 3 is 1.94 bits per heavy atom. The summed E-state index contributed by atoms with van der Waals surface area (Å²) in [6.45, 7) is 6.72. The van der Waals surface area contributed by atoms with Crippen molar-refractivity contribution in [3.05, 3.63) is 177 Å². The molecule has 1 aliphatic carbocycles. The summed E-state index contributed by atoms with van der Waals surface area (Å²) in [7, 11) is 0. The van der Waals surface area contributed by atoms with Crippen molar-refractivity contribution >= 4 is 86.0 Å². The van der Waals surface area contributed by atoms with Gasteiger partial charge in [0.05, 0.1) is 11.0 Å². The van der Waals surface area contributed by atoms with Gasteiger partial charge < -0.3 is 8.98 Å². The summed E-state index contributed by atoms with van der Waals surface area (Å²) in [6, 6.07) is 55.9. The minimum absolute atomic E-state index is 0.909. The topological polar surface area (TPSA) is 18.1 Å². The average molecular weight is 694 g/mol. The molecule has 0 unspecified atom stereocenters. The Labute approximate surface area is 309 Å². The van der Waals surface area contributed by atoms with Gasteiger partial charge in [0.2, 0.25) is 0 Å². The van der Waals surface area contributed by atoms with Gasteiger partial charge in [0.25, 0.3) is 0 Å². The van der Waals surface area contributed by atoms with Gasteiger partial charge in [-0.1, -0.05) is 116 Å². The van der Waals surface area contributed by atoms with Gasteiger partial charge in [-0.05, 0) is 105 Å². The van der Waals surface area contributed by atoms with Crippen LogP contribution >= 0.6 is 11.3 Å². The fourth-order valence-electron chi connectivity index (χ4n) is 8.60. The number of hydrogen-bond acceptors (Lipinski definition) is 2. The summed E-state index contributed by atoms with van der Waals surface area (Å²) in [4.78, 5) is 0. The Kier molecular flexibility index (Phi) is 6.46. The second-order valence-electron chi connectivity index (χ2n) is 13.7. The summed E-state index contributed by atoms with van der Waals surface area (Å²) in [6.07, 6.45) is 3.28. The number of benzene rings is 8. The molecule has 0 fully saturated rings. The second-order valence-corrected chi connectivity index (χ2v) is 14.8. The van der Waals surface area contributed by atoms with E-state index >= 15 is 0 Å². The standard InChI is InChI=1S/C46H25NOS.C4H6/c1-2-9-30-29(8-1)33-12-7-13-34-45(33)37(30)25-40-46(34)38-23-26(27-17-21-44-36(22-27)32-11-4-6-15-43(32)49-44)16-19-39(38)47(40)28-18-20-42-35(24-28)31-10-3-5-14-41(31)48-42;1-3-4-2/h1-25H;3-4H,1-2H2. The minimum Gasteiger partial charge on any atom is -0.456 e. The molecule has 3 heterocycles. The van der Waals surface area contributed by atoms with Crippen LogP contribution in [0.15, 0.2) is 181 Å². The number of thiophene rings is 1. The molecule has 0 radical (unpaired) electrons. The lowest BCUT2D eigenvalue weighted by Gasteiger charge is -2.10. The van der Waals surface area contributed by atoms with Crippen LogP contribution in [0.5, 0.6) is 0 Å². The molecule has 0 bridgehead atoms. The lowest BCUT2D eigenvalue weighted by atomic mass is 9.96. The van der Waals surface area contributed by atoms with Crippen molar-refractivity contribution in [2.75, 3.05) is 0 Å². The van der Waals surface area contributed by atoms with Gasteiger partial charge in [0, 0.05) is 47.4 Å². The van der Waals surface area contributed by atoms with Crippen molar-refractivity contribution < 1.29 is 4.42 Å². The average Bonchev–Trinajstić information content (AvgIpc) is 3.96. The highest BCUT2D eigenvalue weighted by Crippen LogP contribution is 2.51. The smallest absolute Gasteiger partial charge is 0.135 e. The number of hydrogen-bond donors (Lipinski definition) is 0. The molecular weight excluding hydrogens is 663 g/mol. The predicted octanol–water partition coefficient (Wildman–Crippen LogP) is 14.9. The highest BCUT2D eigenvalue weighted by atomic mass is 32.1.